The summed E-state index contributed by atoms with van der Waals surface area (Å²) in [6, 6.07) is 14.3. The van der Waals surface area contributed by atoms with Gasteiger partial charge >= 0.3 is 0 Å². The summed E-state index contributed by atoms with van der Waals surface area (Å²) >= 11 is 0. The zero-order valence-corrected chi connectivity index (χ0v) is 17.1. The van der Waals surface area contributed by atoms with Crippen LogP contribution in [0.4, 0.5) is 5.69 Å². The maximum Gasteiger partial charge on any atom is 0.193 e. The fourth-order valence-electron chi connectivity index (χ4n) is 2.41. The smallest absolute Gasteiger partial charge is 0.193 e. The van der Waals surface area contributed by atoms with Crippen molar-refractivity contribution >= 4 is 35.6 Å². The molecule has 5 heteroatoms. The first kappa shape index (κ1) is 19.6. The van der Waals surface area contributed by atoms with Gasteiger partial charge in [0.05, 0.1) is 13.2 Å². The van der Waals surface area contributed by atoms with Gasteiger partial charge in [-0.1, -0.05) is 29.8 Å². The predicted molar refractivity (Wildman–Crippen MR) is 115 cm³/mol. The van der Waals surface area contributed by atoms with E-state index < -0.39 is 0 Å². The summed E-state index contributed by atoms with van der Waals surface area (Å²) in [6.07, 6.45) is 2.57. The second-order valence-corrected chi connectivity index (χ2v) is 6.56. The molecule has 1 aliphatic carbocycles. The number of nitrogens with two attached hydrogens (primary N) is 1. The van der Waals surface area contributed by atoms with E-state index in [1.54, 1.807) is 0 Å². The number of rotatable bonds is 6. The van der Waals surface area contributed by atoms with Gasteiger partial charge < -0.3 is 15.8 Å². The molecule has 0 heterocycles. The molecule has 0 atom stereocenters. The molecular weight excluding hydrogens is 425 g/mol. The van der Waals surface area contributed by atoms with Crippen LogP contribution in [0, 0.1) is 19.8 Å². The molecule has 0 bridgehead atoms. The zero-order valence-electron chi connectivity index (χ0n) is 14.8. The van der Waals surface area contributed by atoms with Crippen LogP contribution in [0.2, 0.25) is 0 Å². The Labute approximate surface area is 166 Å². The van der Waals surface area contributed by atoms with Crippen molar-refractivity contribution in [2.45, 2.75) is 33.2 Å². The van der Waals surface area contributed by atoms with Crippen molar-refractivity contribution in [1.29, 1.82) is 0 Å². The Balaban J connectivity index is 0.00000225. The second kappa shape index (κ2) is 9.08. The standard InChI is InChI=1S/C20H25N3O.HI/c1-14-4-9-18(10-5-14)23-20(21)22-12-17-8-3-15(2)11-19(17)24-13-16-6-7-16;/h3-5,8-11,16H,6-7,12-13H2,1-2H3,(H3,21,22,23);1H. The summed E-state index contributed by atoms with van der Waals surface area (Å²) in [5.41, 5.74) is 10.4. The normalized spacial score (nSPS) is 13.9. The minimum atomic E-state index is 0. The van der Waals surface area contributed by atoms with Gasteiger partial charge in [-0.15, -0.1) is 24.0 Å². The van der Waals surface area contributed by atoms with Gasteiger partial charge in [-0.3, -0.25) is 0 Å². The van der Waals surface area contributed by atoms with E-state index >= 15 is 0 Å². The number of nitrogens with zero attached hydrogens (tertiary/aromatic N) is 1. The first-order valence-electron chi connectivity index (χ1n) is 8.46. The highest BCUT2D eigenvalue weighted by molar-refractivity contribution is 14.0. The first-order valence-corrected chi connectivity index (χ1v) is 8.46. The van der Waals surface area contributed by atoms with E-state index in [2.05, 4.69) is 42.4 Å². The van der Waals surface area contributed by atoms with Crippen molar-refractivity contribution in [1.82, 2.24) is 0 Å². The molecule has 25 heavy (non-hydrogen) atoms. The minimum Gasteiger partial charge on any atom is -0.493 e. The van der Waals surface area contributed by atoms with Crippen LogP contribution in [0.25, 0.3) is 0 Å². The molecule has 1 saturated carbocycles. The van der Waals surface area contributed by atoms with Gasteiger partial charge in [0.15, 0.2) is 5.96 Å². The highest BCUT2D eigenvalue weighted by atomic mass is 127. The topological polar surface area (TPSA) is 59.6 Å². The number of hydrogen-bond acceptors (Lipinski definition) is 2. The van der Waals surface area contributed by atoms with Crippen molar-refractivity contribution in [3.63, 3.8) is 0 Å². The number of guanidine groups is 1. The monoisotopic (exact) mass is 451 g/mol. The molecule has 4 nitrogen and oxygen atoms in total. The molecule has 0 saturated heterocycles. The molecule has 0 spiro atoms. The van der Waals surface area contributed by atoms with Crippen LogP contribution in [0.1, 0.15) is 29.5 Å². The van der Waals surface area contributed by atoms with Crippen molar-refractivity contribution in [2.24, 2.45) is 16.6 Å². The summed E-state index contributed by atoms with van der Waals surface area (Å²) in [6.45, 7) is 5.44. The molecule has 1 fully saturated rings. The van der Waals surface area contributed by atoms with E-state index in [4.69, 9.17) is 10.5 Å². The Morgan fingerprint density at radius 1 is 1.12 bits per heavy atom. The molecule has 2 aromatic carbocycles. The van der Waals surface area contributed by atoms with Crippen LogP contribution in [0.15, 0.2) is 47.5 Å². The van der Waals surface area contributed by atoms with Crippen LogP contribution in [0.3, 0.4) is 0 Å². The molecule has 0 unspecified atom stereocenters. The van der Waals surface area contributed by atoms with Gasteiger partial charge in [-0.2, -0.15) is 0 Å². The van der Waals surface area contributed by atoms with Crippen LogP contribution >= 0.6 is 24.0 Å². The van der Waals surface area contributed by atoms with Gasteiger partial charge in [0.2, 0.25) is 0 Å². The molecule has 0 aromatic heterocycles. The van der Waals surface area contributed by atoms with Crippen molar-refractivity contribution in [3.05, 3.63) is 59.2 Å². The molecule has 0 radical (unpaired) electrons. The molecule has 1 aliphatic rings. The lowest BCUT2D eigenvalue weighted by atomic mass is 10.1. The summed E-state index contributed by atoms with van der Waals surface area (Å²) in [5, 5.41) is 3.12. The third-order valence-corrected chi connectivity index (χ3v) is 4.14. The number of aryl methyl sites for hydroxylation is 2. The lowest BCUT2D eigenvalue weighted by Crippen LogP contribution is -2.22. The molecular formula is C20H26IN3O. The highest BCUT2D eigenvalue weighted by Crippen LogP contribution is 2.30. The third kappa shape index (κ3) is 6.23. The van der Waals surface area contributed by atoms with Crippen molar-refractivity contribution in [2.75, 3.05) is 11.9 Å². The largest absolute Gasteiger partial charge is 0.493 e. The van der Waals surface area contributed by atoms with E-state index in [9.17, 15) is 0 Å². The molecule has 3 N–H and O–H groups in total. The first-order chi connectivity index (χ1) is 11.6. The summed E-state index contributed by atoms with van der Waals surface area (Å²) in [4.78, 5) is 4.45. The number of aliphatic imine (C=N–C) groups is 1. The van der Waals surface area contributed by atoms with Gasteiger partial charge in [-0.25, -0.2) is 4.99 Å². The van der Waals surface area contributed by atoms with Gasteiger partial charge in [0.1, 0.15) is 5.75 Å². The van der Waals surface area contributed by atoms with E-state index in [1.165, 1.54) is 24.0 Å². The number of hydrogen-bond donors (Lipinski definition) is 2. The molecule has 2 aromatic rings. The summed E-state index contributed by atoms with van der Waals surface area (Å²) < 4.78 is 5.98. The number of halogens is 1. The van der Waals surface area contributed by atoms with Crippen LogP contribution in [0.5, 0.6) is 5.75 Å². The Kier molecular flexibility index (Phi) is 7.11. The molecule has 0 aliphatic heterocycles. The number of nitrogens with one attached hydrogen (secondary N) is 1. The SMILES string of the molecule is Cc1ccc(NC(N)=NCc2ccc(C)cc2OCC2CC2)cc1.I. The lowest BCUT2D eigenvalue weighted by Gasteiger charge is -2.11. The van der Waals surface area contributed by atoms with Gasteiger partial charge in [0, 0.05) is 11.3 Å². The van der Waals surface area contributed by atoms with Gasteiger partial charge in [0.25, 0.3) is 0 Å². The maximum absolute atomic E-state index is 6.00. The molecule has 134 valence electrons. The van der Waals surface area contributed by atoms with Crippen LogP contribution in [-0.2, 0) is 6.54 Å². The lowest BCUT2D eigenvalue weighted by molar-refractivity contribution is 0.296. The van der Waals surface area contributed by atoms with E-state index in [0.29, 0.717) is 12.5 Å². The predicted octanol–water partition coefficient (Wildman–Crippen LogP) is 4.64. The van der Waals surface area contributed by atoms with E-state index in [1.807, 2.05) is 24.3 Å². The van der Waals surface area contributed by atoms with Gasteiger partial charge in [-0.05, 0) is 56.4 Å². The van der Waals surface area contributed by atoms with Crippen LogP contribution in [-0.4, -0.2) is 12.6 Å². The Hall–Kier alpha value is -1.76. The van der Waals surface area contributed by atoms with Crippen LogP contribution < -0.4 is 15.8 Å². The average Bonchev–Trinajstić information content (AvgIpc) is 3.38. The molecule has 3 rings (SSSR count). The number of ether oxygens (including phenoxy) is 1. The number of anilines is 1. The third-order valence-electron chi connectivity index (χ3n) is 4.14. The average molecular weight is 451 g/mol. The fourth-order valence-corrected chi connectivity index (χ4v) is 2.41. The zero-order chi connectivity index (χ0) is 16.9. The second-order valence-electron chi connectivity index (χ2n) is 6.56. The summed E-state index contributed by atoms with van der Waals surface area (Å²) in [7, 11) is 0. The van der Waals surface area contributed by atoms with E-state index in [-0.39, 0.29) is 24.0 Å². The summed E-state index contributed by atoms with van der Waals surface area (Å²) in [5.74, 6) is 2.07. The Morgan fingerprint density at radius 2 is 1.80 bits per heavy atom. The maximum atomic E-state index is 6.00. The Bertz CT molecular complexity index is 724. The number of benzene rings is 2. The minimum absolute atomic E-state index is 0. The van der Waals surface area contributed by atoms with E-state index in [0.717, 1.165) is 29.5 Å². The van der Waals surface area contributed by atoms with Crippen molar-refractivity contribution < 1.29 is 4.74 Å². The quantitative estimate of drug-likeness (QED) is 0.382. The molecule has 0 amide bonds. The highest BCUT2D eigenvalue weighted by Gasteiger charge is 2.22. The fraction of sp³-hybridized carbons (Fsp3) is 0.350. The van der Waals surface area contributed by atoms with Crippen molar-refractivity contribution in [3.8, 4) is 5.75 Å². The Morgan fingerprint density at radius 3 is 2.48 bits per heavy atom.